The summed E-state index contributed by atoms with van der Waals surface area (Å²) in [5.74, 6) is 0. The molecule has 0 amide bonds. The molecule has 0 saturated heterocycles. The predicted molar refractivity (Wildman–Crippen MR) is 86.1 cm³/mol. The molecule has 110 valence electrons. The summed E-state index contributed by atoms with van der Waals surface area (Å²) in [6.45, 7) is 6.28. The molecular formula is C16H17ClN2O2. The molecule has 0 bridgehead atoms. The van der Waals surface area contributed by atoms with Gasteiger partial charge in [0.2, 0.25) is 0 Å². The quantitative estimate of drug-likeness (QED) is 0.653. The van der Waals surface area contributed by atoms with Crippen molar-refractivity contribution in [3.63, 3.8) is 0 Å². The predicted octanol–water partition coefficient (Wildman–Crippen LogP) is 4.79. The van der Waals surface area contributed by atoms with Gasteiger partial charge in [-0.3, -0.25) is 10.1 Å². The summed E-state index contributed by atoms with van der Waals surface area (Å²) in [5, 5.41) is 15.0. The molecule has 2 aromatic rings. The third-order valence-electron chi connectivity index (χ3n) is 3.51. The number of nitrogens with one attached hydrogen (secondary N) is 1. The highest BCUT2D eigenvalue weighted by molar-refractivity contribution is 6.30. The maximum atomic E-state index is 10.9. The van der Waals surface area contributed by atoms with Crippen LogP contribution in [0.2, 0.25) is 5.02 Å². The van der Waals surface area contributed by atoms with Crippen molar-refractivity contribution in [2.75, 3.05) is 5.32 Å². The van der Waals surface area contributed by atoms with Crippen LogP contribution in [0.3, 0.4) is 0 Å². The Morgan fingerprint density at radius 2 is 1.81 bits per heavy atom. The van der Waals surface area contributed by atoms with Crippen molar-refractivity contribution in [2.45, 2.75) is 27.3 Å². The van der Waals surface area contributed by atoms with E-state index < -0.39 is 0 Å². The number of aryl methyl sites for hydroxylation is 3. The van der Waals surface area contributed by atoms with Gasteiger partial charge in [0.05, 0.1) is 4.92 Å². The van der Waals surface area contributed by atoms with Gasteiger partial charge in [0.25, 0.3) is 5.69 Å². The number of nitrogens with zero attached hydrogens (tertiary/aromatic N) is 1. The summed E-state index contributed by atoms with van der Waals surface area (Å²) in [6, 6.07) is 9.19. The molecule has 0 spiro atoms. The fourth-order valence-electron chi connectivity index (χ4n) is 2.24. The first-order valence-electron chi connectivity index (χ1n) is 6.63. The summed E-state index contributed by atoms with van der Waals surface area (Å²) in [6.07, 6.45) is 0. The first kappa shape index (κ1) is 15.3. The van der Waals surface area contributed by atoms with Gasteiger partial charge in [0.15, 0.2) is 0 Å². The van der Waals surface area contributed by atoms with Crippen LogP contribution in [0.1, 0.15) is 22.3 Å². The minimum absolute atomic E-state index is 0.153. The summed E-state index contributed by atoms with van der Waals surface area (Å²) in [7, 11) is 0. The Morgan fingerprint density at radius 1 is 1.10 bits per heavy atom. The molecule has 2 rings (SSSR count). The van der Waals surface area contributed by atoms with Crippen molar-refractivity contribution < 1.29 is 4.92 Å². The minimum Gasteiger partial charge on any atom is -0.381 e. The zero-order valence-electron chi connectivity index (χ0n) is 12.2. The summed E-state index contributed by atoms with van der Waals surface area (Å²) in [4.78, 5) is 10.6. The summed E-state index contributed by atoms with van der Waals surface area (Å²) < 4.78 is 0. The minimum atomic E-state index is -0.352. The van der Waals surface area contributed by atoms with Crippen LogP contribution in [-0.2, 0) is 6.54 Å². The van der Waals surface area contributed by atoms with Gasteiger partial charge in [-0.15, -0.1) is 0 Å². The lowest BCUT2D eigenvalue weighted by Crippen LogP contribution is -2.04. The van der Waals surface area contributed by atoms with Crippen LogP contribution in [0, 0.1) is 30.9 Å². The highest BCUT2D eigenvalue weighted by Crippen LogP contribution is 2.26. The van der Waals surface area contributed by atoms with Gasteiger partial charge in [-0.25, -0.2) is 0 Å². The van der Waals surface area contributed by atoms with Gasteiger partial charge in [0.1, 0.15) is 0 Å². The van der Waals surface area contributed by atoms with E-state index in [4.69, 9.17) is 11.6 Å². The van der Waals surface area contributed by atoms with E-state index in [1.54, 1.807) is 13.0 Å². The van der Waals surface area contributed by atoms with Crippen molar-refractivity contribution in [3.05, 3.63) is 67.7 Å². The molecule has 0 unspecified atom stereocenters. The Labute approximate surface area is 128 Å². The Balaban J connectivity index is 2.20. The lowest BCUT2D eigenvalue weighted by atomic mass is 10.1. The molecule has 21 heavy (non-hydrogen) atoms. The lowest BCUT2D eigenvalue weighted by Gasteiger charge is -2.12. The van der Waals surface area contributed by atoms with E-state index in [2.05, 4.69) is 5.32 Å². The summed E-state index contributed by atoms with van der Waals surface area (Å²) in [5.41, 5.74) is 4.84. The monoisotopic (exact) mass is 304 g/mol. The third kappa shape index (κ3) is 3.52. The zero-order valence-corrected chi connectivity index (χ0v) is 13.0. The Kier molecular flexibility index (Phi) is 4.48. The van der Waals surface area contributed by atoms with E-state index in [9.17, 15) is 10.1 Å². The number of rotatable bonds is 4. The number of anilines is 1. The molecule has 2 aromatic carbocycles. The maximum absolute atomic E-state index is 10.9. The molecule has 4 nitrogen and oxygen atoms in total. The molecule has 0 aromatic heterocycles. The number of nitro benzene ring substituents is 1. The van der Waals surface area contributed by atoms with E-state index in [0.29, 0.717) is 12.1 Å². The molecule has 0 aliphatic rings. The van der Waals surface area contributed by atoms with Crippen molar-refractivity contribution in [2.24, 2.45) is 0 Å². The van der Waals surface area contributed by atoms with E-state index in [-0.39, 0.29) is 10.6 Å². The fourth-order valence-corrected chi connectivity index (χ4v) is 2.46. The first-order chi connectivity index (χ1) is 9.88. The van der Waals surface area contributed by atoms with Crippen LogP contribution >= 0.6 is 11.6 Å². The van der Waals surface area contributed by atoms with Crippen molar-refractivity contribution in [1.29, 1.82) is 0 Å². The second-order valence-corrected chi connectivity index (χ2v) is 5.57. The number of hydrogen-bond acceptors (Lipinski definition) is 3. The zero-order chi connectivity index (χ0) is 15.6. The first-order valence-corrected chi connectivity index (χ1v) is 7.01. The topological polar surface area (TPSA) is 55.2 Å². The molecule has 0 radical (unpaired) electrons. The second-order valence-electron chi connectivity index (χ2n) is 5.14. The van der Waals surface area contributed by atoms with Gasteiger partial charge >= 0.3 is 0 Å². The standard InChI is InChI=1S/C16H17ClN2O2/c1-10-6-14(17)5-4-13(10)9-18-15-7-12(3)16(19(20)21)8-11(15)2/h4-8,18H,9H2,1-3H3. The molecule has 1 N–H and O–H groups in total. The average Bonchev–Trinajstić information content (AvgIpc) is 2.40. The number of benzene rings is 2. The molecule has 0 aliphatic carbocycles. The SMILES string of the molecule is Cc1cc(Cl)ccc1CNc1cc(C)c([N+](=O)[O-])cc1C. The maximum Gasteiger partial charge on any atom is 0.272 e. The van der Waals surface area contributed by atoms with Crippen LogP contribution in [0.15, 0.2) is 30.3 Å². The normalized spacial score (nSPS) is 10.5. The second kappa shape index (κ2) is 6.14. The van der Waals surface area contributed by atoms with Crippen molar-refractivity contribution in [3.8, 4) is 0 Å². The van der Waals surface area contributed by atoms with Crippen LogP contribution in [-0.4, -0.2) is 4.92 Å². The molecule has 0 aliphatic heterocycles. The Bertz CT molecular complexity index is 699. The van der Waals surface area contributed by atoms with Crippen LogP contribution in [0.25, 0.3) is 0 Å². The smallest absolute Gasteiger partial charge is 0.272 e. The molecule has 0 atom stereocenters. The highest BCUT2D eigenvalue weighted by atomic mass is 35.5. The van der Waals surface area contributed by atoms with Crippen molar-refractivity contribution >= 4 is 23.0 Å². The average molecular weight is 305 g/mol. The molecule has 0 saturated carbocycles. The molecular weight excluding hydrogens is 288 g/mol. The van der Waals surface area contributed by atoms with Gasteiger partial charge in [0, 0.05) is 28.9 Å². The molecule has 0 fully saturated rings. The third-order valence-corrected chi connectivity index (χ3v) is 3.75. The lowest BCUT2D eigenvalue weighted by molar-refractivity contribution is -0.385. The van der Waals surface area contributed by atoms with Gasteiger partial charge in [-0.2, -0.15) is 0 Å². The largest absolute Gasteiger partial charge is 0.381 e. The fraction of sp³-hybridized carbons (Fsp3) is 0.250. The van der Waals surface area contributed by atoms with Crippen LogP contribution in [0.4, 0.5) is 11.4 Å². The highest BCUT2D eigenvalue weighted by Gasteiger charge is 2.13. The van der Waals surface area contributed by atoms with E-state index in [1.165, 1.54) is 0 Å². The Morgan fingerprint density at radius 3 is 2.43 bits per heavy atom. The van der Waals surface area contributed by atoms with Crippen LogP contribution in [0.5, 0.6) is 0 Å². The van der Waals surface area contributed by atoms with E-state index in [1.807, 2.05) is 38.1 Å². The van der Waals surface area contributed by atoms with E-state index in [0.717, 1.165) is 27.4 Å². The Hall–Kier alpha value is -2.07. The number of hydrogen-bond donors (Lipinski definition) is 1. The van der Waals surface area contributed by atoms with Gasteiger partial charge in [-0.1, -0.05) is 17.7 Å². The van der Waals surface area contributed by atoms with Crippen LogP contribution < -0.4 is 5.32 Å². The van der Waals surface area contributed by atoms with Gasteiger partial charge in [-0.05, 0) is 55.7 Å². The number of halogens is 1. The molecule has 5 heteroatoms. The van der Waals surface area contributed by atoms with E-state index >= 15 is 0 Å². The van der Waals surface area contributed by atoms with Gasteiger partial charge < -0.3 is 5.32 Å². The van der Waals surface area contributed by atoms with Crippen molar-refractivity contribution in [1.82, 2.24) is 0 Å². The molecule has 0 heterocycles. The number of nitro groups is 1. The summed E-state index contributed by atoms with van der Waals surface area (Å²) >= 11 is 5.94.